The molecule has 2 nitrogen and oxygen atoms in total. The SMILES string of the molecule is CCCC1CC(O)(C2CC2)CCO1. The molecule has 1 N–H and O–H groups in total. The third kappa shape index (κ3) is 2.05. The van der Waals surface area contributed by atoms with Crippen molar-refractivity contribution < 1.29 is 9.84 Å². The van der Waals surface area contributed by atoms with E-state index in [1.165, 1.54) is 12.8 Å². The summed E-state index contributed by atoms with van der Waals surface area (Å²) in [6, 6.07) is 0. The molecule has 0 aromatic rings. The summed E-state index contributed by atoms with van der Waals surface area (Å²) >= 11 is 0. The Labute approximate surface area is 80.3 Å². The van der Waals surface area contributed by atoms with Gasteiger partial charge in [0.1, 0.15) is 0 Å². The molecule has 0 bridgehead atoms. The van der Waals surface area contributed by atoms with Crippen molar-refractivity contribution in [3.63, 3.8) is 0 Å². The summed E-state index contributed by atoms with van der Waals surface area (Å²) in [5.41, 5.74) is -0.363. The minimum atomic E-state index is -0.363. The molecule has 13 heavy (non-hydrogen) atoms. The second kappa shape index (κ2) is 3.58. The van der Waals surface area contributed by atoms with Gasteiger partial charge in [0.05, 0.1) is 11.7 Å². The molecule has 0 aromatic heterocycles. The molecule has 1 saturated carbocycles. The molecule has 2 aliphatic rings. The molecule has 0 radical (unpaired) electrons. The van der Waals surface area contributed by atoms with Gasteiger partial charge >= 0.3 is 0 Å². The highest BCUT2D eigenvalue weighted by Gasteiger charge is 2.46. The van der Waals surface area contributed by atoms with Gasteiger partial charge in [-0.15, -0.1) is 0 Å². The zero-order chi connectivity index (χ0) is 9.31. The van der Waals surface area contributed by atoms with Crippen LogP contribution in [0, 0.1) is 5.92 Å². The summed E-state index contributed by atoms with van der Waals surface area (Å²) in [5.74, 6) is 0.593. The van der Waals surface area contributed by atoms with Gasteiger partial charge in [-0.25, -0.2) is 0 Å². The summed E-state index contributed by atoms with van der Waals surface area (Å²) in [6.07, 6.45) is 6.79. The van der Waals surface area contributed by atoms with Crippen molar-refractivity contribution >= 4 is 0 Å². The molecular formula is C11H20O2. The van der Waals surface area contributed by atoms with Crippen molar-refractivity contribution in [3.8, 4) is 0 Å². The van der Waals surface area contributed by atoms with Gasteiger partial charge in [0.2, 0.25) is 0 Å². The van der Waals surface area contributed by atoms with E-state index in [0.717, 1.165) is 32.3 Å². The van der Waals surface area contributed by atoms with Crippen LogP contribution in [-0.4, -0.2) is 23.4 Å². The monoisotopic (exact) mass is 184 g/mol. The van der Waals surface area contributed by atoms with Gasteiger partial charge in [-0.3, -0.25) is 0 Å². The lowest BCUT2D eigenvalue weighted by molar-refractivity contribution is -0.116. The topological polar surface area (TPSA) is 29.5 Å². The number of hydrogen-bond donors (Lipinski definition) is 1. The van der Waals surface area contributed by atoms with E-state index in [0.29, 0.717) is 12.0 Å². The van der Waals surface area contributed by atoms with Crippen molar-refractivity contribution in [2.45, 2.75) is 57.2 Å². The summed E-state index contributed by atoms with van der Waals surface area (Å²) in [7, 11) is 0. The highest BCUT2D eigenvalue weighted by Crippen LogP contribution is 2.46. The first-order chi connectivity index (χ1) is 6.24. The van der Waals surface area contributed by atoms with E-state index in [4.69, 9.17) is 4.74 Å². The van der Waals surface area contributed by atoms with E-state index in [1.807, 2.05) is 0 Å². The molecular weight excluding hydrogens is 164 g/mol. The molecule has 1 heterocycles. The quantitative estimate of drug-likeness (QED) is 0.728. The first-order valence-electron chi connectivity index (χ1n) is 5.58. The normalized spacial score (nSPS) is 40.6. The molecule has 1 saturated heterocycles. The molecule has 2 heteroatoms. The van der Waals surface area contributed by atoms with Gasteiger partial charge in [-0.2, -0.15) is 0 Å². The van der Waals surface area contributed by atoms with Gasteiger partial charge in [-0.05, 0) is 31.6 Å². The van der Waals surface area contributed by atoms with Gasteiger partial charge in [-0.1, -0.05) is 13.3 Å². The predicted octanol–water partition coefficient (Wildman–Crippen LogP) is 2.11. The van der Waals surface area contributed by atoms with Crippen LogP contribution < -0.4 is 0 Å². The molecule has 2 fully saturated rings. The fourth-order valence-electron chi connectivity index (χ4n) is 2.46. The third-order valence-corrected chi connectivity index (χ3v) is 3.42. The smallest absolute Gasteiger partial charge is 0.0722 e. The molecule has 0 aromatic carbocycles. The van der Waals surface area contributed by atoms with Crippen molar-refractivity contribution in [1.82, 2.24) is 0 Å². The first-order valence-corrected chi connectivity index (χ1v) is 5.58. The van der Waals surface area contributed by atoms with Crippen LogP contribution in [0.1, 0.15) is 45.4 Å². The van der Waals surface area contributed by atoms with Crippen molar-refractivity contribution in [1.29, 1.82) is 0 Å². The molecule has 76 valence electrons. The van der Waals surface area contributed by atoms with Gasteiger partial charge < -0.3 is 9.84 Å². The van der Waals surface area contributed by atoms with Gasteiger partial charge in [0.15, 0.2) is 0 Å². The van der Waals surface area contributed by atoms with E-state index < -0.39 is 0 Å². The number of aliphatic hydroxyl groups is 1. The average Bonchev–Trinajstić information content (AvgIpc) is 2.86. The minimum Gasteiger partial charge on any atom is -0.389 e. The summed E-state index contributed by atoms with van der Waals surface area (Å²) in [5, 5.41) is 10.3. The van der Waals surface area contributed by atoms with E-state index in [1.54, 1.807) is 0 Å². The second-order valence-corrected chi connectivity index (χ2v) is 4.61. The zero-order valence-corrected chi connectivity index (χ0v) is 8.46. The Kier molecular flexibility index (Phi) is 2.61. The van der Waals surface area contributed by atoms with Crippen LogP contribution in [0.3, 0.4) is 0 Å². The Morgan fingerprint density at radius 2 is 2.23 bits per heavy atom. The Balaban J connectivity index is 1.90. The molecule has 0 spiro atoms. The summed E-state index contributed by atoms with van der Waals surface area (Å²) in [6.45, 7) is 2.94. The average molecular weight is 184 g/mol. The molecule has 2 rings (SSSR count). The molecule has 1 aliphatic heterocycles. The largest absolute Gasteiger partial charge is 0.389 e. The van der Waals surface area contributed by atoms with Gasteiger partial charge in [0, 0.05) is 13.0 Å². The lowest BCUT2D eigenvalue weighted by atomic mass is 9.85. The number of hydrogen-bond acceptors (Lipinski definition) is 2. The predicted molar refractivity (Wildman–Crippen MR) is 51.6 cm³/mol. The first kappa shape index (κ1) is 9.47. The van der Waals surface area contributed by atoms with Crippen LogP contribution in [0.5, 0.6) is 0 Å². The lowest BCUT2D eigenvalue weighted by Crippen LogP contribution is -2.42. The van der Waals surface area contributed by atoms with E-state index in [-0.39, 0.29) is 5.60 Å². The third-order valence-electron chi connectivity index (χ3n) is 3.42. The Hall–Kier alpha value is -0.0800. The van der Waals surface area contributed by atoms with Crippen LogP contribution in [0.2, 0.25) is 0 Å². The van der Waals surface area contributed by atoms with Crippen LogP contribution in [0.25, 0.3) is 0 Å². The molecule has 1 aliphatic carbocycles. The fourth-order valence-corrected chi connectivity index (χ4v) is 2.46. The Bertz CT molecular complexity index is 175. The number of ether oxygens (including phenoxy) is 1. The minimum absolute atomic E-state index is 0.323. The van der Waals surface area contributed by atoms with Crippen LogP contribution in [0.15, 0.2) is 0 Å². The summed E-state index contributed by atoms with van der Waals surface area (Å²) < 4.78 is 5.63. The fraction of sp³-hybridized carbons (Fsp3) is 1.00. The molecule has 2 atom stereocenters. The molecule has 2 unspecified atom stereocenters. The number of rotatable bonds is 3. The van der Waals surface area contributed by atoms with Crippen molar-refractivity contribution in [2.24, 2.45) is 5.92 Å². The van der Waals surface area contributed by atoms with E-state index in [2.05, 4.69) is 6.92 Å². The zero-order valence-electron chi connectivity index (χ0n) is 8.46. The second-order valence-electron chi connectivity index (χ2n) is 4.61. The van der Waals surface area contributed by atoms with Crippen LogP contribution >= 0.6 is 0 Å². The maximum absolute atomic E-state index is 10.3. The standard InChI is InChI=1S/C11H20O2/c1-2-3-10-8-11(12,6-7-13-10)9-4-5-9/h9-10,12H,2-8H2,1H3. The molecule has 0 amide bonds. The summed E-state index contributed by atoms with van der Waals surface area (Å²) in [4.78, 5) is 0. The van der Waals surface area contributed by atoms with E-state index in [9.17, 15) is 5.11 Å². The van der Waals surface area contributed by atoms with E-state index >= 15 is 0 Å². The van der Waals surface area contributed by atoms with Crippen LogP contribution in [-0.2, 0) is 4.74 Å². The van der Waals surface area contributed by atoms with Crippen molar-refractivity contribution in [2.75, 3.05) is 6.61 Å². The Morgan fingerprint density at radius 1 is 1.46 bits per heavy atom. The highest BCUT2D eigenvalue weighted by atomic mass is 16.5. The van der Waals surface area contributed by atoms with Crippen molar-refractivity contribution in [3.05, 3.63) is 0 Å². The maximum atomic E-state index is 10.3. The lowest BCUT2D eigenvalue weighted by Gasteiger charge is -2.37. The van der Waals surface area contributed by atoms with Crippen LogP contribution in [0.4, 0.5) is 0 Å². The van der Waals surface area contributed by atoms with Gasteiger partial charge in [0.25, 0.3) is 0 Å². The Morgan fingerprint density at radius 3 is 2.85 bits per heavy atom. The highest BCUT2D eigenvalue weighted by molar-refractivity contribution is 4.97. The maximum Gasteiger partial charge on any atom is 0.0722 e.